The van der Waals surface area contributed by atoms with Crippen LogP contribution < -0.4 is 5.32 Å². The van der Waals surface area contributed by atoms with Gasteiger partial charge in [-0.3, -0.25) is 0 Å². The monoisotopic (exact) mass is 349 g/mol. The van der Waals surface area contributed by atoms with Crippen LogP contribution in [-0.2, 0) is 17.7 Å². The molecule has 1 aliphatic heterocycles. The molecule has 2 atom stereocenters. The molecule has 0 bridgehead atoms. The van der Waals surface area contributed by atoms with Crippen molar-refractivity contribution in [3.05, 3.63) is 34.5 Å². The Hall–Kier alpha value is -1.93. The van der Waals surface area contributed by atoms with Crippen molar-refractivity contribution in [1.29, 1.82) is 0 Å². The van der Waals surface area contributed by atoms with Crippen molar-refractivity contribution in [3.8, 4) is 0 Å². The van der Waals surface area contributed by atoms with Crippen molar-refractivity contribution in [1.82, 2.24) is 25.0 Å². The summed E-state index contributed by atoms with van der Waals surface area (Å²) in [6.45, 7) is 6.47. The Bertz CT molecular complexity index is 657. The summed E-state index contributed by atoms with van der Waals surface area (Å²) in [6, 6.07) is 2.01. The first-order chi connectivity index (χ1) is 11.7. The van der Waals surface area contributed by atoms with Gasteiger partial charge in [0.15, 0.2) is 0 Å². The lowest BCUT2D eigenvalue weighted by atomic mass is 10.1. The molecule has 0 radical (unpaired) electrons. The third-order valence-electron chi connectivity index (χ3n) is 4.10. The number of carbonyl (C=O) groups excluding carboxylic acids is 1. The van der Waals surface area contributed by atoms with Crippen LogP contribution in [0.5, 0.6) is 0 Å². The van der Waals surface area contributed by atoms with Gasteiger partial charge in [-0.25, -0.2) is 4.79 Å². The van der Waals surface area contributed by atoms with Gasteiger partial charge in [-0.2, -0.15) is 11.3 Å². The Morgan fingerprint density at radius 3 is 3.12 bits per heavy atom. The Kier molecular flexibility index (Phi) is 5.47. The lowest BCUT2D eigenvalue weighted by Gasteiger charge is -2.36. The van der Waals surface area contributed by atoms with Gasteiger partial charge in [0.25, 0.3) is 0 Å². The molecule has 0 aromatic carbocycles. The SMILES string of the molecule is CCc1nncn1CCNC(=O)N1C[C@H](C)O[C@@H](c2ccsc2)C1. The Morgan fingerprint density at radius 1 is 1.50 bits per heavy atom. The fourth-order valence-corrected chi connectivity index (χ4v) is 3.60. The number of nitrogens with zero attached hydrogens (tertiary/aromatic N) is 4. The molecule has 130 valence electrons. The van der Waals surface area contributed by atoms with Gasteiger partial charge in [0.2, 0.25) is 0 Å². The normalized spacial score (nSPS) is 21.0. The van der Waals surface area contributed by atoms with E-state index in [4.69, 9.17) is 4.74 Å². The summed E-state index contributed by atoms with van der Waals surface area (Å²) in [5, 5.41) is 15.0. The van der Waals surface area contributed by atoms with Crippen molar-refractivity contribution in [3.63, 3.8) is 0 Å². The molecule has 3 rings (SSSR count). The molecule has 1 aliphatic rings. The summed E-state index contributed by atoms with van der Waals surface area (Å²) in [6.07, 6.45) is 2.51. The van der Waals surface area contributed by atoms with Gasteiger partial charge in [-0.05, 0) is 29.3 Å². The maximum atomic E-state index is 12.5. The highest BCUT2D eigenvalue weighted by atomic mass is 32.1. The van der Waals surface area contributed by atoms with E-state index in [1.165, 1.54) is 0 Å². The van der Waals surface area contributed by atoms with Crippen molar-refractivity contribution in [2.45, 2.75) is 39.0 Å². The molecule has 1 N–H and O–H groups in total. The number of morpholine rings is 1. The molecular weight excluding hydrogens is 326 g/mol. The average molecular weight is 349 g/mol. The standard InChI is InChI=1S/C16H23N5O2S/c1-3-15-19-18-11-20(15)6-5-17-16(22)21-8-12(2)23-14(9-21)13-4-7-24-10-13/h4,7,10-12,14H,3,5-6,8-9H2,1-2H3,(H,17,22)/t12-,14+/m0/s1. The van der Waals surface area contributed by atoms with E-state index in [-0.39, 0.29) is 18.2 Å². The van der Waals surface area contributed by atoms with Crippen LogP contribution >= 0.6 is 11.3 Å². The summed E-state index contributed by atoms with van der Waals surface area (Å²) in [5.41, 5.74) is 1.14. The van der Waals surface area contributed by atoms with Gasteiger partial charge < -0.3 is 19.5 Å². The Labute approximate surface area is 145 Å². The molecule has 0 unspecified atom stereocenters. The molecule has 0 saturated carbocycles. The minimum absolute atomic E-state index is 0.0268. The number of rotatable bonds is 5. The molecule has 1 saturated heterocycles. The van der Waals surface area contributed by atoms with Gasteiger partial charge in [0.1, 0.15) is 18.3 Å². The topological polar surface area (TPSA) is 72.3 Å². The fourth-order valence-electron chi connectivity index (χ4n) is 2.89. The Balaban J connectivity index is 1.52. The van der Waals surface area contributed by atoms with Gasteiger partial charge >= 0.3 is 6.03 Å². The number of hydrogen-bond donors (Lipinski definition) is 1. The first-order valence-corrected chi connectivity index (χ1v) is 9.18. The van der Waals surface area contributed by atoms with Crippen LogP contribution in [0.4, 0.5) is 4.79 Å². The molecule has 0 spiro atoms. The first-order valence-electron chi connectivity index (χ1n) is 8.24. The van der Waals surface area contributed by atoms with E-state index >= 15 is 0 Å². The average Bonchev–Trinajstić information content (AvgIpc) is 3.25. The zero-order valence-corrected chi connectivity index (χ0v) is 14.8. The predicted octanol–water partition coefficient (Wildman–Crippen LogP) is 2.07. The number of carbonyl (C=O) groups is 1. The van der Waals surface area contributed by atoms with Crippen molar-refractivity contribution < 1.29 is 9.53 Å². The van der Waals surface area contributed by atoms with Crippen molar-refractivity contribution >= 4 is 17.4 Å². The van der Waals surface area contributed by atoms with E-state index in [2.05, 4.69) is 27.0 Å². The number of thiophene rings is 1. The van der Waals surface area contributed by atoms with Crippen LogP contribution in [0, 0.1) is 0 Å². The second-order valence-electron chi connectivity index (χ2n) is 5.92. The van der Waals surface area contributed by atoms with Gasteiger partial charge in [-0.15, -0.1) is 10.2 Å². The number of aryl methyl sites for hydroxylation is 1. The van der Waals surface area contributed by atoms with Crippen LogP contribution in [0.3, 0.4) is 0 Å². The largest absolute Gasteiger partial charge is 0.367 e. The summed E-state index contributed by atoms with van der Waals surface area (Å²) < 4.78 is 7.94. The highest BCUT2D eigenvalue weighted by molar-refractivity contribution is 7.07. The van der Waals surface area contributed by atoms with Crippen LogP contribution in [0.1, 0.15) is 31.3 Å². The van der Waals surface area contributed by atoms with Crippen LogP contribution in [-0.4, -0.2) is 51.4 Å². The zero-order chi connectivity index (χ0) is 16.9. The van der Waals surface area contributed by atoms with Crippen LogP contribution in [0.2, 0.25) is 0 Å². The smallest absolute Gasteiger partial charge is 0.317 e. The number of nitrogens with one attached hydrogen (secondary N) is 1. The van der Waals surface area contributed by atoms with E-state index in [0.717, 1.165) is 17.8 Å². The van der Waals surface area contributed by atoms with Gasteiger partial charge in [-0.1, -0.05) is 6.92 Å². The first kappa shape index (κ1) is 16.9. The fraction of sp³-hybridized carbons (Fsp3) is 0.562. The number of urea groups is 1. The van der Waals surface area contributed by atoms with E-state index in [1.54, 1.807) is 17.7 Å². The Morgan fingerprint density at radius 2 is 2.38 bits per heavy atom. The summed E-state index contributed by atoms with van der Waals surface area (Å²) in [4.78, 5) is 14.3. The van der Waals surface area contributed by atoms with Crippen molar-refractivity contribution in [2.75, 3.05) is 19.6 Å². The molecule has 8 heteroatoms. The molecule has 1 fully saturated rings. The lowest BCUT2D eigenvalue weighted by molar-refractivity contribution is -0.0654. The molecule has 2 aromatic rings. The molecule has 3 heterocycles. The highest BCUT2D eigenvalue weighted by Gasteiger charge is 2.29. The van der Waals surface area contributed by atoms with E-state index in [1.807, 2.05) is 28.7 Å². The number of ether oxygens (including phenoxy) is 1. The molecule has 0 aliphatic carbocycles. The van der Waals surface area contributed by atoms with Gasteiger partial charge in [0, 0.05) is 26.1 Å². The highest BCUT2D eigenvalue weighted by Crippen LogP contribution is 2.26. The maximum Gasteiger partial charge on any atom is 0.317 e. The van der Waals surface area contributed by atoms with Gasteiger partial charge in [0.05, 0.1) is 12.6 Å². The third-order valence-corrected chi connectivity index (χ3v) is 4.80. The quantitative estimate of drug-likeness (QED) is 0.897. The van der Waals surface area contributed by atoms with Crippen LogP contribution in [0.15, 0.2) is 23.2 Å². The predicted molar refractivity (Wildman–Crippen MR) is 92.0 cm³/mol. The summed E-state index contributed by atoms with van der Waals surface area (Å²) in [5.74, 6) is 0.932. The maximum absolute atomic E-state index is 12.5. The molecule has 2 amide bonds. The summed E-state index contributed by atoms with van der Waals surface area (Å²) >= 11 is 1.65. The van der Waals surface area contributed by atoms with Crippen molar-refractivity contribution in [2.24, 2.45) is 0 Å². The van der Waals surface area contributed by atoms with Crippen LogP contribution in [0.25, 0.3) is 0 Å². The molecule has 7 nitrogen and oxygen atoms in total. The summed E-state index contributed by atoms with van der Waals surface area (Å²) in [7, 11) is 0. The van der Waals surface area contributed by atoms with E-state index in [0.29, 0.717) is 26.2 Å². The molecule has 24 heavy (non-hydrogen) atoms. The third kappa shape index (κ3) is 3.93. The second-order valence-corrected chi connectivity index (χ2v) is 6.70. The second kappa shape index (κ2) is 7.76. The molecular formula is C16H23N5O2S. The van der Waals surface area contributed by atoms with E-state index < -0.39 is 0 Å². The number of amides is 2. The minimum atomic E-state index is -0.0460. The number of aromatic nitrogens is 3. The molecule has 2 aromatic heterocycles. The minimum Gasteiger partial charge on any atom is -0.367 e. The number of hydrogen-bond acceptors (Lipinski definition) is 5. The lowest BCUT2D eigenvalue weighted by Crippen LogP contribution is -2.50. The van der Waals surface area contributed by atoms with E-state index in [9.17, 15) is 4.79 Å². The zero-order valence-electron chi connectivity index (χ0n) is 14.0.